The van der Waals surface area contributed by atoms with Gasteiger partial charge in [-0.05, 0) is 43.3 Å². The van der Waals surface area contributed by atoms with E-state index >= 15 is 0 Å². The summed E-state index contributed by atoms with van der Waals surface area (Å²) < 4.78 is 33.4. The van der Waals surface area contributed by atoms with Crippen molar-refractivity contribution in [2.24, 2.45) is 0 Å². The molecule has 7 nitrogen and oxygen atoms in total. The van der Waals surface area contributed by atoms with Crippen LogP contribution in [0.15, 0.2) is 42.5 Å². The number of carbonyl (C=O) groups is 2. The van der Waals surface area contributed by atoms with Crippen LogP contribution in [0.25, 0.3) is 0 Å². The number of ether oxygens (including phenoxy) is 4. The van der Waals surface area contributed by atoms with Gasteiger partial charge in [0.15, 0.2) is 24.2 Å². The van der Waals surface area contributed by atoms with E-state index in [9.17, 15) is 14.0 Å². The number of carbonyl (C=O) groups excluding carboxylic acids is 2. The molecule has 26 heavy (non-hydrogen) atoms. The minimum absolute atomic E-state index is 0.134. The number of hydrogen-bond donors (Lipinski definition) is 1. The van der Waals surface area contributed by atoms with E-state index in [1.54, 1.807) is 18.2 Å². The number of halogens is 1. The molecule has 2 aromatic rings. The standard InChI is InChI=1S/C18H16FNO6/c1-11(26-17(21)9-23-14-5-2-12(19)3-6-14)18(22)20-13-4-7-15-16(8-13)25-10-24-15/h2-8,11H,9-10H2,1H3,(H,20,22)/t11-/m0/s1. The molecule has 0 bridgehead atoms. The lowest BCUT2D eigenvalue weighted by molar-refractivity contribution is -0.155. The number of hydrogen-bond acceptors (Lipinski definition) is 6. The first kappa shape index (κ1) is 17.5. The number of rotatable bonds is 6. The van der Waals surface area contributed by atoms with Crippen molar-refractivity contribution >= 4 is 17.6 Å². The lowest BCUT2D eigenvalue weighted by Crippen LogP contribution is -2.31. The fourth-order valence-corrected chi connectivity index (χ4v) is 2.18. The number of fused-ring (bicyclic) bond motifs is 1. The molecule has 0 saturated carbocycles. The molecule has 1 N–H and O–H groups in total. The fraction of sp³-hybridized carbons (Fsp3) is 0.222. The Morgan fingerprint density at radius 1 is 1.15 bits per heavy atom. The molecule has 1 aliphatic heterocycles. The lowest BCUT2D eigenvalue weighted by Gasteiger charge is -2.14. The van der Waals surface area contributed by atoms with Crippen molar-refractivity contribution in [1.29, 1.82) is 0 Å². The first-order valence-electron chi connectivity index (χ1n) is 7.79. The normalized spacial score (nSPS) is 13.0. The van der Waals surface area contributed by atoms with Crippen LogP contribution in [0.3, 0.4) is 0 Å². The van der Waals surface area contributed by atoms with Gasteiger partial charge in [0.2, 0.25) is 6.79 Å². The maximum atomic E-state index is 12.8. The number of anilines is 1. The van der Waals surface area contributed by atoms with Crippen LogP contribution in [-0.2, 0) is 14.3 Å². The van der Waals surface area contributed by atoms with Crippen molar-refractivity contribution in [2.45, 2.75) is 13.0 Å². The molecule has 0 fully saturated rings. The Bertz CT molecular complexity index is 808. The van der Waals surface area contributed by atoms with E-state index in [1.165, 1.54) is 31.2 Å². The van der Waals surface area contributed by atoms with Gasteiger partial charge in [-0.1, -0.05) is 0 Å². The van der Waals surface area contributed by atoms with E-state index < -0.39 is 30.4 Å². The molecule has 0 unspecified atom stereocenters. The summed E-state index contributed by atoms with van der Waals surface area (Å²) in [5.74, 6) is -0.184. The van der Waals surface area contributed by atoms with Crippen LogP contribution in [0, 0.1) is 5.82 Å². The molecule has 8 heteroatoms. The third-order valence-corrected chi connectivity index (χ3v) is 3.49. The molecule has 0 saturated heterocycles. The topological polar surface area (TPSA) is 83.1 Å². The molecule has 136 valence electrons. The monoisotopic (exact) mass is 361 g/mol. The molecule has 1 aliphatic rings. The van der Waals surface area contributed by atoms with Gasteiger partial charge in [0, 0.05) is 11.8 Å². The summed E-state index contributed by atoms with van der Waals surface area (Å²) in [7, 11) is 0. The summed E-state index contributed by atoms with van der Waals surface area (Å²) in [6.07, 6.45) is -1.02. The summed E-state index contributed by atoms with van der Waals surface area (Å²) in [4.78, 5) is 23.9. The van der Waals surface area contributed by atoms with Gasteiger partial charge >= 0.3 is 5.97 Å². The molecular weight excluding hydrogens is 345 g/mol. The average molecular weight is 361 g/mol. The van der Waals surface area contributed by atoms with Crippen molar-refractivity contribution in [3.63, 3.8) is 0 Å². The van der Waals surface area contributed by atoms with Crippen molar-refractivity contribution in [1.82, 2.24) is 0 Å². The van der Waals surface area contributed by atoms with E-state index in [1.807, 2.05) is 0 Å². The number of benzene rings is 2. The lowest BCUT2D eigenvalue weighted by atomic mass is 10.2. The van der Waals surface area contributed by atoms with Crippen LogP contribution in [0.2, 0.25) is 0 Å². The SMILES string of the molecule is C[C@H](OC(=O)COc1ccc(F)cc1)C(=O)Nc1ccc2c(c1)OCO2. The van der Waals surface area contributed by atoms with Crippen molar-refractivity contribution in [3.05, 3.63) is 48.3 Å². The van der Waals surface area contributed by atoms with Crippen LogP contribution in [-0.4, -0.2) is 31.4 Å². The minimum atomic E-state index is -1.02. The Labute approximate surface area is 148 Å². The quantitative estimate of drug-likeness (QED) is 0.796. The Hall–Kier alpha value is -3.29. The van der Waals surface area contributed by atoms with Gasteiger partial charge in [-0.25, -0.2) is 9.18 Å². The molecule has 0 radical (unpaired) electrons. The Morgan fingerprint density at radius 2 is 1.88 bits per heavy atom. The van der Waals surface area contributed by atoms with Gasteiger partial charge in [0.25, 0.3) is 5.91 Å². The Kier molecular flexibility index (Phi) is 5.21. The molecular formula is C18H16FNO6. The summed E-state index contributed by atoms with van der Waals surface area (Å²) in [6, 6.07) is 10.1. The second-order valence-corrected chi connectivity index (χ2v) is 5.43. The average Bonchev–Trinajstić information content (AvgIpc) is 3.09. The van der Waals surface area contributed by atoms with E-state index in [4.69, 9.17) is 18.9 Å². The third kappa shape index (κ3) is 4.41. The highest BCUT2D eigenvalue weighted by molar-refractivity contribution is 5.95. The summed E-state index contributed by atoms with van der Waals surface area (Å²) >= 11 is 0. The van der Waals surface area contributed by atoms with Crippen molar-refractivity contribution in [3.8, 4) is 17.2 Å². The highest BCUT2D eigenvalue weighted by Crippen LogP contribution is 2.34. The zero-order valence-corrected chi connectivity index (χ0v) is 13.9. The minimum Gasteiger partial charge on any atom is -0.482 e. The van der Waals surface area contributed by atoms with Gasteiger partial charge in [0.1, 0.15) is 11.6 Å². The van der Waals surface area contributed by atoms with Crippen molar-refractivity contribution in [2.75, 3.05) is 18.7 Å². The predicted molar refractivity (Wildman–Crippen MR) is 88.6 cm³/mol. The van der Waals surface area contributed by atoms with E-state index in [0.29, 0.717) is 22.9 Å². The Morgan fingerprint density at radius 3 is 2.65 bits per heavy atom. The number of esters is 1. The molecule has 0 aromatic heterocycles. The van der Waals surface area contributed by atoms with Crippen LogP contribution >= 0.6 is 0 Å². The van der Waals surface area contributed by atoms with Gasteiger partial charge in [-0.2, -0.15) is 0 Å². The third-order valence-electron chi connectivity index (χ3n) is 3.49. The smallest absolute Gasteiger partial charge is 0.344 e. The van der Waals surface area contributed by atoms with Gasteiger partial charge < -0.3 is 24.3 Å². The van der Waals surface area contributed by atoms with Crippen molar-refractivity contribution < 1.29 is 32.9 Å². The Balaban J connectivity index is 1.47. The van der Waals surface area contributed by atoms with E-state index in [-0.39, 0.29) is 6.79 Å². The number of amides is 1. The largest absolute Gasteiger partial charge is 0.482 e. The number of nitrogens with one attached hydrogen (secondary N) is 1. The zero-order chi connectivity index (χ0) is 18.5. The molecule has 2 aromatic carbocycles. The van der Waals surface area contributed by atoms with E-state index in [0.717, 1.165) is 0 Å². The zero-order valence-electron chi connectivity index (χ0n) is 13.9. The summed E-state index contributed by atoms with van der Waals surface area (Å²) in [5.41, 5.74) is 0.490. The molecule has 1 atom stereocenters. The van der Waals surface area contributed by atoms with Crippen LogP contribution in [0.4, 0.5) is 10.1 Å². The van der Waals surface area contributed by atoms with Crippen LogP contribution in [0.1, 0.15) is 6.92 Å². The predicted octanol–water partition coefficient (Wildman–Crippen LogP) is 2.50. The molecule has 0 spiro atoms. The molecule has 1 heterocycles. The summed E-state index contributed by atoms with van der Waals surface area (Å²) in [6.45, 7) is 1.18. The fourth-order valence-electron chi connectivity index (χ4n) is 2.18. The first-order valence-corrected chi connectivity index (χ1v) is 7.79. The maximum absolute atomic E-state index is 12.8. The second-order valence-electron chi connectivity index (χ2n) is 5.43. The summed E-state index contributed by atoms with van der Waals surface area (Å²) in [5, 5.41) is 2.62. The molecule has 1 amide bonds. The van der Waals surface area contributed by atoms with Crippen LogP contribution in [0.5, 0.6) is 17.2 Å². The highest BCUT2D eigenvalue weighted by Gasteiger charge is 2.20. The maximum Gasteiger partial charge on any atom is 0.344 e. The molecule has 3 rings (SSSR count). The molecule has 0 aliphatic carbocycles. The first-order chi connectivity index (χ1) is 12.5. The van der Waals surface area contributed by atoms with E-state index in [2.05, 4.69) is 5.32 Å². The van der Waals surface area contributed by atoms with Gasteiger partial charge in [-0.15, -0.1) is 0 Å². The second kappa shape index (κ2) is 7.73. The van der Waals surface area contributed by atoms with Gasteiger partial charge in [0.05, 0.1) is 0 Å². The highest BCUT2D eigenvalue weighted by atomic mass is 19.1. The van der Waals surface area contributed by atoms with Crippen LogP contribution < -0.4 is 19.5 Å². The van der Waals surface area contributed by atoms with Gasteiger partial charge in [-0.3, -0.25) is 4.79 Å².